The summed E-state index contributed by atoms with van der Waals surface area (Å²) < 4.78 is 44.8. The number of hydrogen-bond donors (Lipinski definition) is 3. The van der Waals surface area contributed by atoms with Gasteiger partial charge in [0.25, 0.3) is 10.0 Å². The van der Waals surface area contributed by atoms with E-state index in [1.165, 1.54) is 30.3 Å². The predicted octanol–water partition coefficient (Wildman–Crippen LogP) is 3.94. The number of sulfonamides is 1. The Hall–Kier alpha value is -3.23. The Morgan fingerprint density at radius 3 is 2.17 bits per heavy atom. The fourth-order valence-corrected chi connectivity index (χ4v) is 5.79. The summed E-state index contributed by atoms with van der Waals surface area (Å²) >= 11 is 0. The Bertz CT molecular complexity index is 1690. The lowest BCUT2D eigenvalue weighted by molar-refractivity contribution is 0.266. The molecule has 0 amide bonds. The van der Waals surface area contributed by atoms with Gasteiger partial charge in [-0.15, -0.1) is 0 Å². The van der Waals surface area contributed by atoms with Gasteiger partial charge < -0.3 is 15.1 Å². The van der Waals surface area contributed by atoms with Gasteiger partial charge in [0.05, 0.1) is 47.5 Å². The predicted molar refractivity (Wildman–Crippen MR) is 162 cm³/mol. The number of nitrogens with zero attached hydrogens (tertiary/aromatic N) is 1. The number of hydrogen-bond acceptors (Lipinski definition) is 4. The molecule has 0 bridgehead atoms. The maximum absolute atomic E-state index is 13.9. The minimum Gasteiger partial charge on any atom is -0.397 e. The van der Waals surface area contributed by atoms with Crippen LogP contribution >= 0.6 is 0 Å². The molecule has 12 heteroatoms. The summed E-state index contributed by atoms with van der Waals surface area (Å²) in [5.74, 6) is -0.681. The highest BCUT2D eigenvalue weighted by Gasteiger charge is 2.40. The standard InChI is InChI=1S/C28H26B4FN3O3S/c1-16(2)26-25(28(31,32)27(29,30)15-37)22-13-23(35-40(38,39)21-10-4-17(3)5-11-21)18(14-34)12-24(22)36(26)20-8-6-19(33)7-9-20/h4-14,16,34-35,37H,15H2,1-3H3. The molecule has 3 aromatic carbocycles. The van der Waals surface area contributed by atoms with E-state index in [9.17, 15) is 17.9 Å². The van der Waals surface area contributed by atoms with Gasteiger partial charge in [0.15, 0.2) is 0 Å². The average Bonchev–Trinajstić information content (AvgIpc) is 3.23. The van der Waals surface area contributed by atoms with E-state index in [1.807, 2.05) is 20.8 Å². The molecule has 0 aliphatic carbocycles. The molecule has 3 N–H and O–H groups in total. The Morgan fingerprint density at radius 2 is 1.65 bits per heavy atom. The zero-order valence-corrected chi connectivity index (χ0v) is 23.3. The van der Waals surface area contributed by atoms with E-state index < -0.39 is 32.9 Å². The number of benzene rings is 3. The van der Waals surface area contributed by atoms with Crippen molar-refractivity contribution in [2.45, 2.75) is 42.0 Å². The Morgan fingerprint density at radius 1 is 1.05 bits per heavy atom. The summed E-state index contributed by atoms with van der Waals surface area (Å²) in [4.78, 5) is 0.0383. The first-order chi connectivity index (χ1) is 18.6. The van der Waals surface area contributed by atoms with Crippen LogP contribution in [0.4, 0.5) is 10.1 Å². The number of aromatic nitrogens is 1. The van der Waals surface area contributed by atoms with Gasteiger partial charge in [-0.1, -0.05) is 42.0 Å². The molecule has 6 nitrogen and oxygen atoms in total. The second kappa shape index (κ2) is 10.6. The lowest BCUT2D eigenvalue weighted by atomic mass is 9.28. The molecule has 0 atom stereocenters. The summed E-state index contributed by atoms with van der Waals surface area (Å²) in [6.07, 6.45) is 1.02. The largest absolute Gasteiger partial charge is 0.397 e. The molecule has 4 rings (SSSR count). The highest BCUT2D eigenvalue weighted by molar-refractivity contribution is 7.92. The maximum atomic E-state index is 13.9. The van der Waals surface area contributed by atoms with E-state index in [0.717, 1.165) is 11.8 Å². The molecular weight excluding hydrogens is 521 g/mol. The van der Waals surface area contributed by atoms with Gasteiger partial charge in [-0.05, 0) is 66.9 Å². The van der Waals surface area contributed by atoms with E-state index in [4.69, 9.17) is 36.8 Å². The van der Waals surface area contributed by atoms with Gasteiger partial charge in [0.1, 0.15) is 5.82 Å². The lowest BCUT2D eigenvalue weighted by Gasteiger charge is -2.44. The molecule has 0 spiro atoms. The van der Waals surface area contributed by atoms with E-state index in [-0.39, 0.29) is 27.6 Å². The quantitative estimate of drug-likeness (QED) is 0.219. The van der Waals surface area contributed by atoms with Gasteiger partial charge in [-0.2, -0.15) is 0 Å². The Balaban J connectivity index is 2.10. The summed E-state index contributed by atoms with van der Waals surface area (Å²) in [7, 11) is 21.6. The van der Waals surface area contributed by atoms with Crippen molar-refractivity contribution in [1.82, 2.24) is 4.57 Å². The van der Waals surface area contributed by atoms with Crippen molar-refractivity contribution in [2.75, 3.05) is 11.3 Å². The molecule has 196 valence electrons. The van der Waals surface area contributed by atoms with Crippen molar-refractivity contribution in [1.29, 1.82) is 5.41 Å². The molecule has 0 aliphatic heterocycles. The van der Waals surface area contributed by atoms with Crippen molar-refractivity contribution in [3.63, 3.8) is 0 Å². The van der Waals surface area contributed by atoms with Crippen LogP contribution in [0.2, 0.25) is 5.21 Å². The first kappa shape index (κ1) is 29.7. The molecule has 40 heavy (non-hydrogen) atoms. The normalized spacial score (nSPS) is 12.7. The lowest BCUT2D eigenvalue weighted by Crippen LogP contribution is -2.45. The van der Waals surface area contributed by atoms with E-state index in [2.05, 4.69) is 4.72 Å². The first-order valence-electron chi connectivity index (χ1n) is 12.5. The molecule has 1 aromatic heterocycles. The van der Waals surface area contributed by atoms with Crippen LogP contribution in [0.1, 0.15) is 42.1 Å². The van der Waals surface area contributed by atoms with E-state index in [1.54, 1.807) is 34.9 Å². The van der Waals surface area contributed by atoms with Crippen LogP contribution in [0, 0.1) is 18.2 Å². The molecule has 0 saturated carbocycles. The fraction of sp³-hybridized carbons (Fsp3) is 0.250. The van der Waals surface area contributed by atoms with Gasteiger partial charge in [-0.25, -0.2) is 12.8 Å². The van der Waals surface area contributed by atoms with Crippen molar-refractivity contribution in [2.24, 2.45) is 0 Å². The second-order valence-corrected chi connectivity index (χ2v) is 12.0. The molecule has 0 aliphatic rings. The zero-order valence-electron chi connectivity index (χ0n) is 22.4. The minimum absolute atomic E-state index is 0.0383. The third kappa shape index (κ3) is 5.15. The number of aliphatic hydroxyl groups is 1. The van der Waals surface area contributed by atoms with Gasteiger partial charge in [-0.3, -0.25) is 4.72 Å². The monoisotopic (exact) mass is 547 g/mol. The summed E-state index contributed by atoms with van der Waals surface area (Å²) in [6, 6.07) is 15.2. The van der Waals surface area contributed by atoms with Crippen LogP contribution in [0.5, 0.6) is 0 Å². The Kier molecular flexibility index (Phi) is 7.91. The van der Waals surface area contributed by atoms with Gasteiger partial charge in [0.2, 0.25) is 0 Å². The first-order valence-corrected chi connectivity index (χ1v) is 14.0. The highest BCUT2D eigenvalue weighted by Crippen LogP contribution is 2.47. The smallest absolute Gasteiger partial charge is 0.261 e. The number of aryl methyl sites for hydroxylation is 1. The SMILES string of the molecule is [B]C([B])(CO)C([B])([B])c1c(C(C)C)n(-c2ccc(F)cc2)c2cc(C=N)c(NS(=O)(=O)c3ccc(C)cc3)cc12. The van der Waals surface area contributed by atoms with Crippen LogP contribution in [0.15, 0.2) is 65.6 Å². The third-order valence-corrected chi connectivity index (χ3v) is 8.36. The summed E-state index contributed by atoms with van der Waals surface area (Å²) in [5, 5.41) is 14.5. The van der Waals surface area contributed by atoms with Crippen molar-refractivity contribution in [3.8, 4) is 5.69 Å². The zero-order chi connectivity index (χ0) is 29.6. The maximum Gasteiger partial charge on any atom is 0.261 e. The van der Waals surface area contributed by atoms with Crippen LogP contribution in [-0.4, -0.2) is 62.3 Å². The number of anilines is 1. The van der Waals surface area contributed by atoms with Crippen LogP contribution in [-0.2, 0) is 15.2 Å². The van der Waals surface area contributed by atoms with E-state index >= 15 is 0 Å². The number of halogens is 1. The minimum atomic E-state index is -4.04. The summed E-state index contributed by atoms with van der Waals surface area (Å²) in [5.41, 5.74) is 3.13. The number of fused-ring (bicyclic) bond motifs is 1. The molecular formula is C28H26B4FN3O3S. The van der Waals surface area contributed by atoms with E-state index in [0.29, 0.717) is 22.3 Å². The number of aliphatic hydroxyl groups excluding tert-OH is 1. The highest BCUT2D eigenvalue weighted by atomic mass is 32.2. The molecule has 0 fully saturated rings. The van der Waals surface area contributed by atoms with Crippen LogP contribution in [0.3, 0.4) is 0 Å². The molecule has 8 radical (unpaired) electrons. The third-order valence-electron chi connectivity index (χ3n) is 6.98. The molecule has 0 saturated heterocycles. The average molecular weight is 547 g/mol. The van der Waals surface area contributed by atoms with Crippen molar-refractivity contribution in [3.05, 3.63) is 88.9 Å². The second-order valence-electron chi connectivity index (χ2n) is 10.3. The van der Waals surface area contributed by atoms with Crippen molar-refractivity contribution >= 4 is 64.2 Å². The van der Waals surface area contributed by atoms with Crippen molar-refractivity contribution < 1.29 is 17.9 Å². The van der Waals surface area contributed by atoms with Crippen LogP contribution in [0.25, 0.3) is 16.6 Å². The summed E-state index contributed by atoms with van der Waals surface area (Å²) in [6.45, 7) is 4.87. The van der Waals surface area contributed by atoms with Gasteiger partial charge >= 0.3 is 0 Å². The number of nitrogens with one attached hydrogen (secondary N) is 2. The fourth-order valence-electron chi connectivity index (χ4n) is 4.71. The Labute approximate surface area is 239 Å². The topological polar surface area (TPSA) is 95.2 Å². The number of rotatable bonds is 9. The molecule has 0 unspecified atom stereocenters. The van der Waals surface area contributed by atoms with Crippen LogP contribution < -0.4 is 4.72 Å². The molecule has 4 aromatic rings. The van der Waals surface area contributed by atoms with Gasteiger partial charge in [0, 0.05) is 35.2 Å². The molecule has 1 heterocycles.